The molecule has 0 unspecified atom stereocenters. The summed E-state index contributed by atoms with van der Waals surface area (Å²) >= 11 is 1.53. The molecule has 28 heavy (non-hydrogen) atoms. The SMILES string of the molecule is Cc1noc(NS(=O)(=O)c2ccc(NC(=O)[C@H]3CSCCC(=O)N3)cc2)c1C. The number of aryl methyl sites for hydroxylation is 1. The van der Waals surface area contributed by atoms with E-state index in [1.165, 1.54) is 36.0 Å². The molecule has 0 saturated carbocycles. The van der Waals surface area contributed by atoms with Crippen LogP contribution in [-0.2, 0) is 19.6 Å². The number of thioether (sulfide) groups is 1. The Morgan fingerprint density at radius 3 is 2.64 bits per heavy atom. The number of aromatic nitrogens is 1. The number of sulfonamides is 1. The minimum absolute atomic E-state index is 0.0114. The van der Waals surface area contributed by atoms with E-state index in [9.17, 15) is 18.0 Å². The molecule has 0 bridgehead atoms. The number of nitrogens with one attached hydrogen (secondary N) is 3. The van der Waals surface area contributed by atoms with Crippen LogP contribution >= 0.6 is 11.8 Å². The van der Waals surface area contributed by atoms with Gasteiger partial charge in [-0.15, -0.1) is 0 Å². The first-order valence-corrected chi connectivity index (χ1v) is 11.1. The van der Waals surface area contributed by atoms with Crippen molar-refractivity contribution in [3.63, 3.8) is 0 Å². The molecule has 11 heteroatoms. The van der Waals surface area contributed by atoms with Gasteiger partial charge in [-0.05, 0) is 38.1 Å². The van der Waals surface area contributed by atoms with Crippen molar-refractivity contribution < 1.29 is 22.5 Å². The van der Waals surface area contributed by atoms with Crippen LogP contribution in [0.5, 0.6) is 0 Å². The van der Waals surface area contributed by atoms with E-state index in [0.29, 0.717) is 34.9 Å². The second-order valence-corrected chi connectivity index (χ2v) is 9.12. The molecule has 1 aromatic heterocycles. The highest BCUT2D eigenvalue weighted by Gasteiger charge is 2.24. The van der Waals surface area contributed by atoms with Crippen LogP contribution in [0.25, 0.3) is 0 Å². The topological polar surface area (TPSA) is 130 Å². The summed E-state index contributed by atoms with van der Waals surface area (Å²) in [6, 6.07) is 5.09. The van der Waals surface area contributed by atoms with Gasteiger partial charge in [0.1, 0.15) is 6.04 Å². The fraction of sp³-hybridized carbons (Fsp3) is 0.353. The highest BCUT2D eigenvalue weighted by atomic mass is 32.2. The Hall–Kier alpha value is -2.53. The first kappa shape index (κ1) is 20.2. The quantitative estimate of drug-likeness (QED) is 0.665. The molecule has 2 heterocycles. The van der Waals surface area contributed by atoms with Gasteiger partial charge in [-0.25, -0.2) is 13.1 Å². The average molecular weight is 425 g/mol. The van der Waals surface area contributed by atoms with Gasteiger partial charge in [0.15, 0.2) is 0 Å². The molecule has 2 amide bonds. The van der Waals surface area contributed by atoms with E-state index < -0.39 is 16.1 Å². The molecule has 1 aliphatic rings. The van der Waals surface area contributed by atoms with Crippen molar-refractivity contribution in [1.82, 2.24) is 10.5 Å². The Morgan fingerprint density at radius 2 is 2.00 bits per heavy atom. The standard InChI is InChI=1S/C17H20N4O5S2/c1-10-11(2)20-26-17(10)21-28(24,25)13-5-3-12(4-6-13)18-16(23)14-9-27-8-7-15(22)19-14/h3-6,14,21H,7-9H2,1-2H3,(H,18,23)(H,19,22)/t14-/m1/s1. The first-order valence-electron chi connectivity index (χ1n) is 8.50. The van der Waals surface area contributed by atoms with E-state index in [1.54, 1.807) is 13.8 Å². The predicted octanol–water partition coefficient (Wildman–Crippen LogP) is 1.65. The monoisotopic (exact) mass is 424 g/mol. The van der Waals surface area contributed by atoms with Gasteiger partial charge in [-0.3, -0.25) is 9.59 Å². The smallest absolute Gasteiger partial charge is 0.264 e. The van der Waals surface area contributed by atoms with Crippen molar-refractivity contribution in [2.45, 2.75) is 31.2 Å². The summed E-state index contributed by atoms with van der Waals surface area (Å²) in [5.74, 6) is 0.736. The fourth-order valence-corrected chi connectivity index (χ4v) is 4.47. The van der Waals surface area contributed by atoms with Crippen LogP contribution in [0.15, 0.2) is 33.7 Å². The molecule has 1 aliphatic heterocycles. The lowest BCUT2D eigenvalue weighted by Gasteiger charge is -2.15. The minimum atomic E-state index is -3.86. The number of rotatable bonds is 5. The number of amides is 2. The van der Waals surface area contributed by atoms with Crippen LogP contribution < -0.4 is 15.4 Å². The summed E-state index contributed by atoms with van der Waals surface area (Å²) in [5, 5.41) is 9.08. The van der Waals surface area contributed by atoms with Crippen molar-refractivity contribution in [3.05, 3.63) is 35.5 Å². The molecular formula is C17H20N4O5S2. The zero-order chi connectivity index (χ0) is 20.3. The maximum absolute atomic E-state index is 12.5. The lowest BCUT2D eigenvalue weighted by molar-refractivity contribution is -0.125. The number of anilines is 2. The molecule has 1 fully saturated rings. The normalized spacial score (nSPS) is 17.5. The number of benzene rings is 1. The lowest BCUT2D eigenvalue weighted by atomic mass is 10.2. The van der Waals surface area contributed by atoms with Gasteiger partial charge in [0.2, 0.25) is 17.7 Å². The lowest BCUT2D eigenvalue weighted by Crippen LogP contribution is -2.44. The Kier molecular flexibility index (Phi) is 5.94. The van der Waals surface area contributed by atoms with Crippen molar-refractivity contribution in [2.75, 3.05) is 21.5 Å². The van der Waals surface area contributed by atoms with Crippen molar-refractivity contribution >= 4 is 45.2 Å². The predicted molar refractivity (Wildman–Crippen MR) is 106 cm³/mol. The first-order chi connectivity index (χ1) is 13.3. The molecule has 0 spiro atoms. The van der Waals surface area contributed by atoms with Crippen molar-refractivity contribution in [1.29, 1.82) is 0 Å². The minimum Gasteiger partial charge on any atom is -0.343 e. The molecule has 150 valence electrons. The summed E-state index contributed by atoms with van der Waals surface area (Å²) in [7, 11) is -3.86. The molecule has 1 atom stereocenters. The van der Waals surface area contributed by atoms with Gasteiger partial charge in [0.05, 0.1) is 10.6 Å². The van der Waals surface area contributed by atoms with Gasteiger partial charge in [-0.1, -0.05) is 5.16 Å². The van der Waals surface area contributed by atoms with E-state index in [1.807, 2.05) is 0 Å². The molecule has 3 rings (SSSR count). The fourth-order valence-electron chi connectivity index (χ4n) is 2.45. The van der Waals surface area contributed by atoms with Crippen LogP contribution in [-0.4, -0.2) is 42.9 Å². The number of hydrogen-bond acceptors (Lipinski definition) is 7. The molecule has 9 nitrogen and oxygen atoms in total. The Morgan fingerprint density at radius 1 is 1.29 bits per heavy atom. The van der Waals surface area contributed by atoms with Crippen molar-refractivity contribution in [3.8, 4) is 0 Å². The maximum atomic E-state index is 12.5. The van der Waals surface area contributed by atoms with Crippen LogP contribution in [0.2, 0.25) is 0 Å². The van der Waals surface area contributed by atoms with Gasteiger partial charge in [-0.2, -0.15) is 11.8 Å². The Balaban J connectivity index is 1.68. The van der Waals surface area contributed by atoms with E-state index in [0.717, 1.165) is 0 Å². The van der Waals surface area contributed by atoms with Gasteiger partial charge < -0.3 is 15.2 Å². The summed E-state index contributed by atoms with van der Waals surface area (Å²) < 4.78 is 32.3. The summed E-state index contributed by atoms with van der Waals surface area (Å²) in [4.78, 5) is 23.9. The number of hydrogen-bond donors (Lipinski definition) is 3. The van der Waals surface area contributed by atoms with Crippen molar-refractivity contribution in [2.24, 2.45) is 0 Å². The third kappa shape index (κ3) is 4.65. The van der Waals surface area contributed by atoms with Crippen LogP contribution in [0, 0.1) is 13.8 Å². The highest BCUT2D eigenvalue weighted by molar-refractivity contribution is 7.99. The molecule has 0 radical (unpaired) electrons. The Labute approximate surface area is 166 Å². The molecule has 1 aromatic carbocycles. The third-order valence-electron chi connectivity index (χ3n) is 4.23. The van der Waals surface area contributed by atoms with Gasteiger partial charge >= 0.3 is 0 Å². The number of carbonyl (C=O) groups is 2. The van der Waals surface area contributed by atoms with E-state index >= 15 is 0 Å². The van der Waals surface area contributed by atoms with E-state index in [4.69, 9.17) is 4.52 Å². The van der Waals surface area contributed by atoms with Crippen LogP contribution in [0.3, 0.4) is 0 Å². The molecule has 0 aliphatic carbocycles. The average Bonchev–Trinajstić information content (AvgIpc) is 2.85. The van der Waals surface area contributed by atoms with Crippen LogP contribution in [0.1, 0.15) is 17.7 Å². The molecular weight excluding hydrogens is 404 g/mol. The maximum Gasteiger partial charge on any atom is 0.264 e. The van der Waals surface area contributed by atoms with E-state index in [-0.39, 0.29) is 22.6 Å². The molecule has 1 saturated heterocycles. The zero-order valence-electron chi connectivity index (χ0n) is 15.3. The van der Waals surface area contributed by atoms with E-state index in [2.05, 4.69) is 20.5 Å². The molecule has 3 N–H and O–H groups in total. The highest BCUT2D eigenvalue weighted by Crippen LogP contribution is 2.22. The third-order valence-corrected chi connectivity index (χ3v) is 6.63. The number of carbonyl (C=O) groups excluding carboxylic acids is 2. The van der Waals surface area contributed by atoms with Gasteiger partial charge in [0.25, 0.3) is 10.0 Å². The number of nitrogens with zero attached hydrogens (tertiary/aromatic N) is 1. The van der Waals surface area contributed by atoms with Crippen LogP contribution in [0.4, 0.5) is 11.6 Å². The zero-order valence-corrected chi connectivity index (χ0v) is 16.9. The summed E-state index contributed by atoms with van der Waals surface area (Å²) in [6.07, 6.45) is 0.387. The molecule has 2 aromatic rings. The largest absolute Gasteiger partial charge is 0.343 e. The summed E-state index contributed by atoms with van der Waals surface area (Å²) in [5.41, 5.74) is 1.63. The van der Waals surface area contributed by atoms with Gasteiger partial charge in [0, 0.05) is 29.2 Å². The second-order valence-electron chi connectivity index (χ2n) is 6.29. The second kappa shape index (κ2) is 8.23. The Bertz CT molecular complexity index is 985. The summed E-state index contributed by atoms with van der Waals surface area (Å²) in [6.45, 7) is 3.41.